The molecule has 4 N–H and O–H groups in total. The lowest BCUT2D eigenvalue weighted by molar-refractivity contribution is -0.383. The maximum absolute atomic E-state index is 12.9. The Labute approximate surface area is 181 Å². The molecule has 1 aliphatic rings. The molecular weight excluding hydrogens is 416 g/mol. The first-order chi connectivity index (χ1) is 15.3. The summed E-state index contributed by atoms with van der Waals surface area (Å²) in [6.45, 7) is 1.94. The van der Waals surface area contributed by atoms with E-state index in [0.29, 0.717) is 5.69 Å². The van der Waals surface area contributed by atoms with Crippen LogP contribution in [0.4, 0.5) is 28.8 Å². The molecule has 0 radical (unpaired) electrons. The summed E-state index contributed by atoms with van der Waals surface area (Å²) in [4.78, 5) is 55.3. The number of para-hydroxylation sites is 2. The molecule has 1 aliphatic heterocycles. The summed E-state index contributed by atoms with van der Waals surface area (Å²) in [6, 6.07) is 13.0. The number of carbonyl (C=O) groups is 2. The van der Waals surface area contributed by atoms with Crippen molar-refractivity contribution in [3.05, 3.63) is 80.1 Å². The van der Waals surface area contributed by atoms with Crippen molar-refractivity contribution in [2.45, 2.75) is 19.3 Å². The number of anilines is 4. The third-order valence-corrected chi connectivity index (χ3v) is 4.94. The molecule has 0 bridgehead atoms. The van der Waals surface area contributed by atoms with Gasteiger partial charge in [0.1, 0.15) is 11.5 Å². The zero-order chi connectivity index (χ0) is 22.8. The molecule has 1 aromatic heterocycles. The Morgan fingerprint density at radius 3 is 2.59 bits per heavy atom. The number of nitrogens with zero attached hydrogens (tertiary/aromatic N) is 2. The third-order valence-electron chi connectivity index (χ3n) is 4.94. The first-order valence-corrected chi connectivity index (χ1v) is 9.64. The largest absolute Gasteiger partial charge is 0.326 e. The number of amides is 2. The maximum atomic E-state index is 12.9. The Kier molecular flexibility index (Phi) is 5.37. The lowest BCUT2D eigenvalue weighted by Crippen LogP contribution is -2.36. The fraction of sp³-hybridized carbons (Fsp3) is 0.143. The van der Waals surface area contributed by atoms with Crippen LogP contribution < -0.4 is 21.5 Å². The van der Waals surface area contributed by atoms with Crippen LogP contribution in [0.3, 0.4) is 0 Å². The van der Waals surface area contributed by atoms with Gasteiger partial charge >= 0.3 is 0 Å². The van der Waals surface area contributed by atoms with Crippen LogP contribution in [0.25, 0.3) is 0 Å². The quantitative estimate of drug-likeness (QED) is 0.355. The molecule has 0 aliphatic carbocycles. The van der Waals surface area contributed by atoms with Gasteiger partial charge < -0.3 is 16.0 Å². The van der Waals surface area contributed by atoms with Crippen molar-refractivity contribution in [2.24, 2.45) is 0 Å². The Bertz CT molecular complexity index is 1280. The van der Waals surface area contributed by atoms with Gasteiger partial charge in [0.25, 0.3) is 11.2 Å². The molecule has 0 fully saturated rings. The van der Waals surface area contributed by atoms with E-state index in [2.05, 4.69) is 25.9 Å². The van der Waals surface area contributed by atoms with Gasteiger partial charge in [0, 0.05) is 18.2 Å². The minimum absolute atomic E-state index is 0.0184. The number of aryl methyl sites for hydroxylation is 1. The number of carbonyl (C=O) groups excluding carboxylic acids is 2. The number of fused-ring (bicyclic) bond motifs is 1. The first-order valence-electron chi connectivity index (χ1n) is 9.64. The van der Waals surface area contributed by atoms with Gasteiger partial charge in [0.2, 0.25) is 17.8 Å². The van der Waals surface area contributed by atoms with E-state index in [-0.39, 0.29) is 35.1 Å². The number of rotatable bonds is 5. The van der Waals surface area contributed by atoms with Gasteiger partial charge in [0.15, 0.2) is 0 Å². The molecule has 4 rings (SSSR count). The highest BCUT2D eigenvalue weighted by Crippen LogP contribution is 2.31. The fourth-order valence-electron chi connectivity index (χ4n) is 3.39. The standard InChI is InChI=1S/C21H18N6O5/c1-11-6-8-12(9-7-11)22-21-25-18-17(20(30)26-21)13(10-16(28)24-18)19(29)23-14-4-2-3-5-15(14)27(31)32/h2-9,13H,10H2,1H3,(H,23,29)(H3,22,24,25,26,28,30)/t13-/m0/s1. The second-order valence-corrected chi connectivity index (χ2v) is 7.24. The van der Waals surface area contributed by atoms with Crippen molar-refractivity contribution >= 4 is 40.6 Å². The molecule has 1 atom stereocenters. The predicted molar refractivity (Wildman–Crippen MR) is 117 cm³/mol. The number of hydrogen-bond donors (Lipinski definition) is 4. The second kappa shape index (κ2) is 8.30. The summed E-state index contributed by atoms with van der Waals surface area (Å²) in [7, 11) is 0. The van der Waals surface area contributed by atoms with Crippen LogP contribution in [-0.4, -0.2) is 26.7 Å². The highest BCUT2D eigenvalue weighted by molar-refractivity contribution is 6.05. The molecule has 11 nitrogen and oxygen atoms in total. The van der Waals surface area contributed by atoms with Gasteiger partial charge in [-0.1, -0.05) is 29.8 Å². The van der Waals surface area contributed by atoms with E-state index in [9.17, 15) is 24.5 Å². The lowest BCUT2D eigenvalue weighted by Gasteiger charge is -2.23. The maximum Gasteiger partial charge on any atom is 0.292 e. The number of nitro groups is 1. The summed E-state index contributed by atoms with van der Waals surface area (Å²) in [5, 5.41) is 19.1. The van der Waals surface area contributed by atoms with Crippen molar-refractivity contribution in [1.29, 1.82) is 0 Å². The number of aromatic nitrogens is 2. The number of nitrogens with one attached hydrogen (secondary N) is 4. The van der Waals surface area contributed by atoms with Crippen molar-refractivity contribution < 1.29 is 14.5 Å². The Balaban J connectivity index is 1.65. The van der Waals surface area contributed by atoms with Gasteiger partial charge in [-0.2, -0.15) is 4.98 Å². The highest BCUT2D eigenvalue weighted by Gasteiger charge is 2.35. The number of hydrogen-bond acceptors (Lipinski definition) is 7. The van der Waals surface area contributed by atoms with Crippen LogP contribution in [0, 0.1) is 17.0 Å². The zero-order valence-corrected chi connectivity index (χ0v) is 16.8. The van der Waals surface area contributed by atoms with Gasteiger partial charge in [-0.05, 0) is 25.1 Å². The van der Waals surface area contributed by atoms with E-state index >= 15 is 0 Å². The Morgan fingerprint density at radius 2 is 1.88 bits per heavy atom. The van der Waals surface area contributed by atoms with Crippen LogP contribution in [0.1, 0.15) is 23.5 Å². The summed E-state index contributed by atoms with van der Waals surface area (Å²) in [6.07, 6.45) is -0.297. The van der Waals surface area contributed by atoms with E-state index in [0.717, 1.165) is 5.56 Å². The smallest absolute Gasteiger partial charge is 0.292 e. The topological polar surface area (TPSA) is 159 Å². The average Bonchev–Trinajstić information content (AvgIpc) is 2.74. The van der Waals surface area contributed by atoms with Crippen molar-refractivity contribution in [2.75, 3.05) is 16.0 Å². The van der Waals surface area contributed by atoms with Gasteiger partial charge in [0.05, 0.1) is 16.4 Å². The number of H-pyrrole nitrogens is 1. The first kappa shape index (κ1) is 20.7. The van der Waals surface area contributed by atoms with Gasteiger partial charge in [-0.15, -0.1) is 0 Å². The third kappa shape index (κ3) is 4.17. The molecular formula is C21H18N6O5. The Hall–Kier alpha value is -4.54. The molecule has 32 heavy (non-hydrogen) atoms. The van der Waals surface area contributed by atoms with E-state index in [1.807, 2.05) is 19.1 Å². The van der Waals surface area contributed by atoms with Crippen molar-refractivity contribution in [3.63, 3.8) is 0 Å². The monoisotopic (exact) mass is 434 g/mol. The van der Waals surface area contributed by atoms with Crippen LogP contribution in [0.5, 0.6) is 0 Å². The average molecular weight is 434 g/mol. The molecule has 162 valence electrons. The van der Waals surface area contributed by atoms with Crippen molar-refractivity contribution in [3.8, 4) is 0 Å². The van der Waals surface area contributed by atoms with E-state index in [1.54, 1.807) is 12.1 Å². The molecule has 0 saturated carbocycles. The summed E-state index contributed by atoms with van der Waals surface area (Å²) in [5.74, 6) is -2.33. The molecule has 2 aromatic carbocycles. The molecule has 0 unspecified atom stereocenters. The van der Waals surface area contributed by atoms with Gasteiger partial charge in [-0.3, -0.25) is 29.5 Å². The molecule has 11 heteroatoms. The van der Waals surface area contributed by atoms with Crippen LogP contribution in [0.2, 0.25) is 0 Å². The van der Waals surface area contributed by atoms with E-state index in [4.69, 9.17) is 0 Å². The number of aromatic amines is 1. The zero-order valence-electron chi connectivity index (χ0n) is 16.8. The second-order valence-electron chi connectivity index (χ2n) is 7.24. The van der Waals surface area contributed by atoms with Crippen molar-refractivity contribution in [1.82, 2.24) is 9.97 Å². The highest BCUT2D eigenvalue weighted by atomic mass is 16.6. The minimum Gasteiger partial charge on any atom is -0.326 e. The Morgan fingerprint density at radius 1 is 1.16 bits per heavy atom. The molecule has 0 spiro atoms. The summed E-state index contributed by atoms with van der Waals surface area (Å²) < 4.78 is 0. The van der Waals surface area contributed by atoms with Gasteiger partial charge in [-0.25, -0.2) is 0 Å². The molecule has 2 heterocycles. The minimum atomic E-state index is -1.16. The summed E-state index contributed by atoms with van der Waals surface area (Å²) >= 11 is 0. The molecule has 3 aromatic rings. The van der Waals surface area contributed by atoms with Crippen LogP contribution >= 0.6 is 0 Å². The molecule has 2 amide bonds. The fourth-order valence-corrected chi connectivity index (χ4v) is 3.39. The van der Waals surface area contributed by atoms with E-state index in [1.165, 1.54) is 24.3 Å². The van der Waals surface area contributed by atoms with Crippen LogP contribution in [-0.2, 0) is 9.59 Å². The summed E-state index contributed by atoms with van der Waals surface area (Å²) in [5.41, 5.74) is 0.777. The molecule has 0 saturated heterocycles. The SMILES string of the molecule is Cc1ccc(Nc2nc3c(c(=O)[nH]2)[C@@H](C(=O)Nc2ccccc2[N+](=O)[O-])CC(=O)N3)cc1. The van der Waals surface area contributed by atoms with Crippen LogP contribution in [0.15, 0.2) is 53.3 Å². The normalized spacial score (nSPS) is 14.8. The number of benzene rings is 2. The predicted octanol–water partition coefficient (Wildman–Crippen LogP) is 2.79. The van der Waals surface area contributed by atoms with E-state index < -0.39 is 28.2 Å². The lowest BCUT2D eigenvalue weighted by atomic mass is 9.92. The number of nitro benzene ring substituents is 1.